The molecule has 76 valence electrons. The Morgan fingerprint density at radius 2 is 2.31 bits per heavy atom. The fourth-order valence-corrected chi connectivity index (χ4v) is 2.90. The highest BCUT2D eigenvalue weighted by atomic mass is 15.2. The summed E-state index contributed by atoms with van der Waals surface area (Å²) in [6, 6.07) is 1.77. The van der Waals surface area contributed by atoms with E-state index in [0.717, 1.165) is 12.1 Å². The van der Waals surface area contributed by atoms with Crippen molar-refractivity contribution in [3.63, 3.8) is 0 Å². The number of likely N-dealkylation sites (tertiary alicyclic amines) is 1. The maximum atomic E-state index is 3.47. The fourth-order valence-electron chi connectivity index (χ4n) is 2.90. The first-order valence-electron chi connectivity index (χ1n) is 5.88. The zero-order valence-corrected chi connectivity index (χ0v) is 8.76. The molecule has 0 aromatic rings. The summed E-state index contributed by atoms with van der Waals surface area (Å²) in [7, 11) is 0. The molecule has 2 saturated heterocycles. The molecule has 2 heteroatoms. The molecule has 2 aliphatic rings. The second-order valence-electron chi connectivity index (χ2n) is 4.47. The third-order valence-corrected chi connectivity index (χ3v) is 3.55. The molecule has 2 rings (SSSR count). The predicted molar refractivity (Wildman–Crippen MR) is 55.9 cm³/mol. The van der Waals surface area contributed by atoms with Gasteiger partial charge in [0.1, 0.15) is 0 Å². The molecule has 0 unspecified atom stereocenters. The quantitative estimate of drug-likeness (QED) is 0.713. The largest absolute Gasteiger partial charge is 0.315 e. The molecule has 2 heterocycles. The van der Waals surface area contributed by atoms with E-state index < -0.39 is 0 Å². The lowest BCUT2D eigenvalue weighted by molar-refractivity contribution is 0.182. The van der Waals surface area contributed by atoms with Crippen LogP contribution in [0, 0.1) is 0 Å². The van der Waals surface area contributed by atoms with Gasteiger partial charge in [0.2, 0.25) is 0 Å². The SMILES string of the molecule is CCC[C@@H]1CCCN1[C@H]1CCNC1. The Bertz CT molecular complexity index is 152. The van der Waals surface area contributed by atoms with Crippen molar-refractivity contribution < 1.29 is 0 Å². The van der Waals surface area contributed by atoms with Gasteiger partial charge in [-0.3, -0.25) is 4.90 Å². The molecular formula is C11H22N2. The van der Waals surface area contributed by atoms with E-state index >= 15 is 0 Å². The summed E-state index contributed by atoms with van der Waals surface area (Å²) in [4.78, 5) is 2.77. The molecule has 0 saturated carbocycles. The minimum absolute atomic E-state index is 0.860. The van der Waals surface area contributed by atoms with Crippen LogP contribution in [-0.4, -0.2) is 36.6 Å². The van der Waals surface area contributed by atoms with Crippen LogP contribution in [0.25, 0.3) is 0 Å². The van der Waals surface area contributed by atoms with Crippen LogP contribution in [0.3, 0.4) is 0 Å². The van der Waals surface area contributed by atoms with Crippen molar-refractivity contribution in [3.8, 4) is 0 Å². The van der Waals surface area contributed by atoms with E-state index in [-0.39, 0.29) is 0 Å². The third kappa shape index (κ3) is 2.05. The molecule has 0 aliphatic carbocycles. The monoisotopic (exact) mass is 182 g/mol. The van der Waals surface area contributed by atoms with Gasteiger partial charge in [0.15, 0.2) is 0 Å². The van der Waals surface area contributed by atoms with Gasteiger partial charge >= 0.3 is 0 Å². The molecule has 13 heavy (non-hydrogen) atoms. The molecule has 0 amide bonds. The van der Waals surface area contributed by atoms with Crippen molar-refractivity contribution in [1.29, 1.82) is 0 Å². The van der Waals surface area contributed by atoms with Crippen LogP contribution in [0.5, 0.6) is 0 Å². The smallest absolute Gasteiger partial charge is 0.0235 e. The second kappa shape index (κ2) is 4.43. The van der Waals surface area contributed by atoms with E-state index in [1.807, 2.05) is 0 Å². The summed E-state index contributed by atoms with van der Waals surface area (Å²) in [5, 5.41) is 3.47. The van der Waals surface area contributed by atoms with Crippen LogP contribution >= 0.6 is 0 Å². The zero-order valence-electron chi connectivity index (χ0n) is 8.76. The summed E-state index contributed by atoms with van der Waals surface area (Å²) < 4.78 is 0. The van der Waals surface area contributed by atoms with E-state index in [9.17, 15) is 0 Å². The van der Waals surface area contributed by atoms with Gasteiger partial charge in [-0.2, -0.15) is 0 Å². The summed E-state index contributed by atoms with van der Waals surface area (Å²) in [5.74, 6) is 0. The Balaban J connectivity index is 1.88. The van der Waals surface area contributed by atoms with Gasteiger partial charge in [0.25, 0.3) is 0 Å². The van der Waals surface area contributed by atoms with Gasteiger partial charge in [-0.25, -0.2) is 0 Å². The number of hydrogen-bond donors (Lipinski definition) is 1. The van der Waals surface area contributed by atoms with Crippen LogP contribution in [0.15, 0.2) is 0 Å². The van der Waals surface area contributed by atoms with E-state index in [2.05, 4.69) is 17.1 Å². The predicted octanol–water partition coefficient (Wildman–Crippen LogP) is 1.61. The molecule has 2 atom stereocenters. The highest BCUT2D eigenvalue weighted by Crippen LogP contribution is 2.25. The number of rotatable bonds is 3. The molecule has 0 bridgehead atoms. The van der Waals surface area contributed by atoms with Crippen molar-refractivity contribution in [2.75, 3.05) is 19.6 Å². The van der Waals surface area contributed by atoms with Gasteiger partial charge in [-0.05, 0) is 38.8 Å². The first-order valence-corrected chi connectivity index (χ1v) is 5.88. The first-order chi connectivity index (χ1) is 6.42. The van der Waals surface area contributed by atoms with E-state index in [0.29, 0.717) is 0 Å². The Labute approximate surface area is 81.7 Å². The van der Waals surface area contributed by atoms with Crippen LogP contribution in [0.1, 0.15) is 39.0 Å². The maximum absolute atomic E-state index is 3.47. The minimum Gasteiger partial charge on any atom is -0.315 e. The van der Waals surface area contributed by atoms with Crippen LogP contribution in [0.2, 0.25) is 0 Å². The van der Waals surface area contributed by atoms with E-state index in [1.54, 1.807) is 0 Å². The van der Waals surface area contributed by atoms with Crippen molar-refractivity contribution in [2.24, 2.45) is 0 Å². The van der Waals surface area contributed by atoms with Gasteiger partial charge in [-0.15, -0.1) is 0 Å². The molecule has 0 spiro atoms. The molecule has 2 fully saturated rings. The normalized spacial score (nSPS) is 35.8. The van der Waals surface area contributed by atoms with E-state index in [1.165, 1.54) is 51.7 Å². The van der Waals surface area contributed by atoms with Crippen LogP contribution < -0.4 is 5.32 Å². The average molecular weight is 182 g/mol. The Kier molecular flexibility index (Phi) is 3.23. The average Bonchev–Trinajstić information content (AvgIpc) is 2.71. The summed E-state index contributed by atoms with van der Waals surface area (Å²) in [6.45, 7) is 6.14. The molecule has 0 radical (unpaired) electrons. The molecule has 2 aliphatic heterocycles. The summed E-state index contributed by atoms with van der Waals surface area (Å²) >= 11 is 0. The zero-order chi connectivity index (χ0) is 9.10. The number of nitrogens with one attached hydrogen (secondary N) is 1. The fraction of sp³-hybridized carbons (Fsp3) is 1.00. The highest BCUT2D eigenvalue weighted by Gasteiger charge is 2.31. The lowest BCUT2D eigenvalue weighted by atomic mass is 10.1. The van der Waals surface area contributed by atoms with E-state index in [4.69, 9.17) is 0 Å². The van der Waals surface area contributed by atoms with Crippen molar-refractivity contribution in [2.45, 2.75) is 51.1 Å². The molecule has 2 nitrogen and oxygen atoms in total. The number of hydrogen-bond acceptors (Lipinski definition) is 2. The van der Waals surface area contributed by atoms with Gasteiger partial charge in [-0.1, -0.05) is 13.3 Å². The van der Waals surface area contributed by atoms with Crippen molar-refractivity contribution in [3.05, 3.63) is 0 Å². The van der Waals surface area contributed by atoms with Crippen molar-refractivity contribution >= 4 is 0 Å². The Hall–Kier alpha value is -0.0800. The van der Waals surface area contributed by atoms with Gasteiger partial charge in [0.05, 0.1) is 0 Å². The first kappa shape index (κ1) is 9.47. The van der Waals surface area contributed by atoms with Crippen molar-refractivity contribution in [1.82, 2.24) is 10.2 Å². The molecule has 0 aromatic carbocycles. The Morgan fingerprint density at radius 3 is 3.00 bits per heavy atom. The topological polar surface area (TPSA) is 15.3 Å². The lowest BCUT2D eigenvalue weighted by Gasteiger charge is -2.29. The summed E-state index contributed by atoms with van der Waals surface area (Å²) in [6.07, 6.45) is 7.02. The van der Waals surface area contributed by atoms with Gasteiger partial charge < -0.3 is 5.32 Å². The minimum atomic E-state index is 0.860. The second-order valence-corrected chi connectivity index (χ2v) is 4.47. The standard InChI is InChI=1S/C11H22N2/c1-2-4-10-5-3-8-13(10)11-6-7-12-9-11/h10-12H,2-9H2,1H3/t10-,11+/m1/s1. The molecular weight excluding hydrogens is 160 g/mol. The number of nitrogens with zero attached hydrogens (tertiary/aromatic N) is 1. The van der Waals surface area contributed by atoms with Crippen LogP contribution in [-0.2, 0) is 0 Å². The van der Waals surface area contributed by atoms with Gasteiger partial charge in [0, 0.05) is 18.6 Å². The van der Waals surface area contributed by atoms with Crippen LogP contribution in [0.4, 0.5) is 0 Å². The summed E-state index contributed by atoms with van der Waals surface area (Å²) in [5.41, 5.74) is 0. The maximum Gasteiger partial charge on any atom is 0.0235 e. The highest BCUT2D eigenvalue weighted by molar-refractivity contribution is 4.88. The lowest BCUT2D eigenvalue weighted by Crippen LogP contribution is -2.40. The molecule has 0 aromatic heterocycles. The Morgan fingerprint density at radius 1 is 1.38 bits per heavy atom. The molecule has 1 N–H and O–H groups in total. The third-order valence-electron chi connectivity index (χ3n) is 3.55.